The molecule has 3 N–H and O–H groups in total. The van der Waals surface area contributed by atoms with E-state index in [1.54, 1.807) is 6.20 Å². The number of carbonyl (C=O) groups is 1. The highest BCUT2D eigenvalue weighted by Gasteiger charge is 2.34. The number of hydrogen-bond donors (Lipinski definition) is 3. The summed E-state index contributed by atoms with van der Waals surface area (Å²) in [7, 11) is 0. The summed E-state index contributed by atoms with van der Waals surface area (Å²) in [5.74, 6) is 0. The maximum Gasteiger partial charge on any atom is 0.322 e. The Morgan fingerprint density at radius 3 is 2.95 bits per heavy atom. The molecule has 1 aromatic rings. The summed E-state index contributed by atoms with van der Waals surface area (Å²) in [6.45, 7) is 6.17. The van der Waals surface area contributed by atoms with Gasteiger partial charge < -0.3 is 20.4 Å². The molecule has 3 atom stereocenters. The van der Waals surface area contributed by atoms with Crippen molar-refractivity contribution in [1.82, 2.24) is 14.7 Å². The minimum atomic E-state index is -0.572. The van der Waals surface area contributed by atoms with Crippen molar-refractivity contribution in [2.45, 2.75) is 51.8 Å². The van der Waals surface area contributed by atoms with Crippen LogP contribution in [0.2, 0.25) is 0 Å². The van der Waals surface area contributed by atoms with Gasteiger partial charge in [-0.2, -0.15) is 5.10 Å². The predicted octanol–water partition coefficient (Wildman–Crippen LogP) is 1.12. The lowest BCUT2D eigenvalue weighted by atomic mass is 10.2. The van der Waals surface area contributed by atoms with Gasteiger partial charge in [-0.15, -0.1) is 0 Å². The zero-order valence-corrected chi connectivity index (χ0v) is 12.8. The summed E-state index contributed by atoms with van der Waals surface area (Å²) in [6.07, 6.45) is 2.44. The molecule has 0 aliphatic carbocycles. The number of carbonyl (C=O) groups excluding carboxylic acids is 1. The molecular weight excluding hydrogens is 272 g/mol. The van der Waals surface area contributed by atoms with Gasteiger partial charge in [-0.3, -0.25) is 4.68 Å². The van der Waals surface area contributed by atoms with E-state index in [1.165, 1.54) is 4.90 Å². The van der Waals surface area contributed by atoms with Crippen LogP contribution < -0.4 is 5.32 Å². The molecule has 0 spiro atoms. The molecule has 118 valence electrons. The molecule has 0 saturated carbocycles. The fourth-order valence-electron chi connectivity index (χ4n) is 2.66. The number of amides is 2. The molecule has 0 bridgehead atoms. The van der Waals surface area contributed by atoms with Gasteiger partial charge in [0.05, 0.1) is 36.3 Å². The topological polar surface area (TPSA) is 90.6 Å². The van der Waals surface area contributed by atoms with E-state index in [1.807, 2.05) is 11.6 Å². The van der Waals surface area contributed by atoms with Crippen LogP contribution in [0.1, 0.15) is 38.4 Å². The van der Waals surface area contributed by atoms with Crippen molar-refractivity contribution in [3.63, 3.8) is 0 Å². The van der Waals surface area contributed by atoms with Crippen molar-refractivity contribution in [1.29, 1.82) is 0 Å². The highest BCUT2D eigenvalue weighted by atomic mass is 16.3. The molecular formula is C14H24N4O3. The van der Waals surface area contributed by atoms with E-state index in [9.17, 15) is 15.0 Å². The van der Waals surface area contributed by atoms with Crippen LogP contribution in [0.15, 0.2) is 6.20 Å². The van der Waals surface area contributed by atoms with Gasteiger partial charge in [0.2, 0.25) is 0 Å². The van der Waals surface area contributed by atoms with Gasteiger partial charge in [-0.1, -0.05) is 6.92 Å². The zero-order valence-electron chi connectivity index (χ0n) is 12.8. The Morgan fingerprint density at radius 2 is 2.33 bits per heavy atom. The Hall–Kier alpha value is -1.60. The van der Waals surface area contributed by atoms with E-state index >= 15 is 0 Å². The third-order valence-corrected chi connectivity index (χ3v) is 4.16. The minimum absolute atomic E-state index is 0.143. The normalized spacial score (nSPS) is 23.4. The average molecular weight is 296 g/mol. The van der Waals surface area contributed by atoms with E-state index in [0.717, 1.165) is 12.1 Å². The third kappa shape index (κ3) is 3.19. The van der Waals surface area contributed by atoms with Crippen molar-refractivity contribution in [2.75, 3.05) is 18.5 Å². The van der Waals surface area contributed by atoms with Crippen LogP contribution in [0.3, 0.4) is 0 Å². The SMILES string of the molecule is CCC(C)n1ncc(NC(=O)N2C[C@@H](O)C[C@H]2CO)c1C. The number of likely N-dealkylation sites (tertiary alicyclic amines) is 1. The van der Waals surface area contributed by atoms with E-state index in [0.29, 0.717) is 12.1 Å². The second-order valence-corrected chi connectivity index (χ2v) is 5.65. The van der Waals surface area contributed by atoms with E-state index < -0.39 is 6.10 Å². The molecule has 0 radical (unpaired) electrons. The maximum atomic E-state index is 12.3. The monoisotopic (exact) mass is 296 g/mol. The molecule has 1 fully saturated rings. The summed E-state index contributed by atoms with van der Waals surface area (Å²) < 4.78 is 1.89. The van der Waals surface area contributed by atoms with Crippen molar-refractivity contribution in [3.8, 4) is 0 Å². The van der Waals surface area contributed by atoms with E-state index in [4.69, 9.17) is 0 Å². The van der Waals surface area contributed by atoms with Crippen LogP contribution in [0.5, 0.6) is 0 Å². The Kier molecular flexibility index (Phi) is 4.84. The molecule has 1 unspecified atom stereocenters. The fourth-order valence-corrected chi connectivity index (χ4v) is 2.66. The van der Waals surface area contributed by atoms with Crippen molar-refractivity contribution < 1.29 is 15.0 Å². The number of β-amino-alcohol motifs (C(OH)–C–C–N with tert-alkyl or cyclic N) is 1. The predicted molar refractivity (Wildman–Crippen MR) is 79.2 cm³/mol. The number of aromatic nitrogens is 2. The lowest BCUT2D eigenvalue weighted by molar-refractivity contribution is 0.164. The molecule has 1 aromatic heterocycles. The lowest BCUT2D eigenvalue weighted by Gasteiger charge is -2.23. The summed E-state index contributed by atoms with van der Waals surface area (Å²) in [5.41, 5.74) is 1.57. The molecule has 7 nitrogen and oxygen atoms in total. The first-order valence-corrected chi connectivity index (χ1v) is 7.38. The van der Waals surface area contributed by atoms with Crippen molar-refractivity contribution in [3.05, 3.63) is 11.9 Å². The lowest BCUT2D eigenvalue weighted by Crippen LogP contribution is -2.40. The van der Waals surface area contributed by atoms with Gasteiger partial charge in [-0.25, -0.2) is 4.79 Å². The molecule has 0 aromatic carbocycles. The summed E-state index contributed by atoms with van der Waals surface area (Å²) in [5, 5.41) is 26.0. The molecule has 2 heterocycles. The average Bonchev–Trinajstić information content (AvgIpc) is 3.02. The van der Waals surface area contributed by atoms with E-state index in [-0.39, 0.29) is 31.3 Å². The summed E-state index contributed by atoms with van der Waals surface area (Å²) >= 11 is 0. The number of rotatable bonds is 4. The first kappa shape index (κ1) is 15.8. The standard InChI is InChI=1S/C14H24N4O3/c1-4-9(2)18-10(3)13(6-15-18)16-14(21)17-7-12(20)5-11(17)8-19/h6,9,11-12,19-20H,4-5,7-8H2,1-3H3,(H,16,21)/t9?,11-,12-/m0/s1. The Morgan fingerprint density at radius 1 is 1.62 bits per heavy atom. The molecule has 1 aliphatic rings. The Balaban J connectivity index is 2.08. The van der Waals surface area contributed by atoms with Crippen LogP contribution in [-0.4, -0.2) is 56.2 Å². The number of urea groups is 1. The first-order valence-electron chi connectivity index (χ1n) is 7.38. The van der Waals surface area contributed by atoms with Crippen molar-refractivity contribution in [2.24, 2.45) is 0 Å². The fraction of sp³-hybridized carbons (Fsp3) is 0.714. The molecule has 1 saturated heterocycles. The van der Waals surface area contributed by atoms with E-state index in [2.05, 4.69) is 24.3 Å². The molecule has 2 amide bonds. The first-order chi connectivity index (χ1) is 9.97. The zero-order chi connectivity index (χ0) is 15.6. The van der Waals surface area contributed by atoms with Crippen LogP contribution in [-0.2, 0) is 0 Å². The van der Waals surface area contributed by atoms with Crippen LogP contribution >= 0.6 is 0 Å². The van der Waals surface area contributed by atoms with Gasteiger partial charge in [0.15, 0.2) is 0 Å². The third-order valence-electron chi connectivity index (χ3n) is 4.16. The molecule has 1 aliphatic heterocycles. The largest absolute Gasteiger partial charge is 0.394 e. The highest BCUT2D eigenvalue weighted by molar-refractivity contribution is 5.90. The quantitative estimate of drug-likeness (QED) is 0.776. The minimum Gasteiger partial charge on any atom is -0.394 e. The van der Waals surface area contributed by atoms with Crippen molar-refractivity contribution >= 4 is 11.7 Å². The molecule has 2 rings (SSSR count). The Labute approximate surface area is 124 Å². The highest BCUT2D eigenvalue weighted by Crippen LogP contribution is 2.22. The van der Waals surface area contributed by atoms with Crippen LogP contribution in [0, 0.1) is 6.92 Å². The molecule has 21 heavy (non-hydrogen) atoms. The number of aliphatic hydroxyl groups is 2. The second kappa shape index (κ2) is 6.44. The van der Waals surface area contributed by atoms with Gasteiger partial charge in [0.1, 0.15) is 0 Å². The number of aliphatic hydroxyl groups excluding tert-OH is 2. The number of nitrogens with one attached hydrogen (secondary N) is 1. The van der Waals surface area contributed by atoms with Gasteiger partial charge in [0, 0.05) is 12.6 Å². The summed E-state index contributed by atoms with van der Waals surface area (Å²) in [6, 6.07) is -0.364. The summed E-state index contributed by atoms with van der Waals surface area (Å²) in [4.78, 5) is 13.8. The van der Waals surface area contributed by atoms with Crippen LogP contribution in [0.4, 0.5) is 10.5 Å². The number of hydrogen-bond acceptors (Lipinski definition) is 4. The molecule has 7 heteroatoms. The Bertz CT molecular complexity index is 502. The van der Waals surface area contributed by atoms with Gasteiger partial charge in [0.25, 0.3) is 0 Å². The maximum absolute atomic E-state index is 12.3. The number of nitrogens with zero attached hydrogens (tertiary/aromatic N) is 3. The number of anilines is 1. The van der Waals surface area contributed by atoms with Crippen LogP contribution in [0.25, 0.3) is 0 Å². The second-order valence-electron chi connectivity index (χ2n) is 5.65. The smallest absolute Gasteiger partial charge is 0.322 e. The van der Waals surface area contributed by atoms with Gasteiger partial charge in [-0.05, 0) is 26.7 Å². The van der Waals surface area contributed by atoms with Gasteiger partial charge >= 0.3 is 6.03 Å².